The Kier molecular flexibility index (Phi) is 5.07. The van der Waals surface area contributed by atoms with Gasteiger partial charge in [-0.05, 0) is 13.8 Å². The minimum atomic E-state index is -0.895. The molecule has 8 heteroatoms. The molecule has 1 heterocycles. The Labute approximate surface area is 122 Å². The second-order valence-corrected chi connectivity index (χ2v) is 4.74. The topological polar surface area (TPSA) is 99.6 Å². The second-order valence-electron chi connectivity index (χ2n) is 4.74. The van der Waals surface area contributed by atoms with Gasteiger partial charge in [-0.1, -0.05) is 0 Å². The molecule has 0 saturated heterocycles. The first-order chi connectivity index (χ1) is 9.76. The molecule has 116 valence electrons. The fraction of sp³-hybridized carbons (Fsp3) is 0.538. The smallest absolute Gasteiger partial charge is 0.360 e. The molecule has 0 unspecified atom stereocenters. The average Bonchev–Trinajstić information content (AvgIpc) is 2.43. The highest BCUT2D eigenvalue weighted by Crippen LogP contribution is 2.31. The predicted molar refractivity (Wildman–Crippen MR) is 73.3 cm³/mol. The summed E-state index contributed by atoms with van der Waals surface area (Å²) in [5, 5.41) is 2.70. The summed E-state index contributed by atoms with van der Waals surface area (Å²) in [4.78, 5) is 31.4. The molecular weight excluding hydrogens is 278 g/mol. The van der Waals surface area contributed by atoms with E-state index in [0.29, 0.717) is 0 Å². The number of esters is 1. The van der Waals surface area contributed by atoms with Gasteiger partial charge in [0.2, 0.25) is 11.7 Å². The molecule has 0 aliphatic carbocycles. The van der Waals surface area contributed by atoms with E-state index in [1.165, 1.54) is 28.3 Å². The molecule has 0 atom stereocenters. The maximum Gasteiger partial charge on any atom is 0.360 e. The van der Waals surface area contributed by atoms with E-state index in [4.69, 9.17) is 9.47 Å². The first-order valence-corrected chi connectivity index (χ1v) is 6.14. The number of methoxy groups -OCH3 is 3. The molecule has 1 rings (SSSR count). The molecule has 0 bridgehead atoms. The summed E-state index contributed by atoms with van der Waals surface area (Å²) in [5.74, 6) is -0.575. The van der Waals surface area contributed by atoms with Gasteiger partial charge in [0, 0.05) is 6.92 Å². The maximum absolute atomic E-state index is 11.8. The van der Waals surface area contributed by atoms with E-state index >= 15 is 0 Å². The highest BCUT2D eigenvalue weighted by molar-refractivity contribution is 5.91. The molecule has 0 saturated carbocycles. The van der Waals surface area contributed by atoms with Crippen molar-refractivity contribution >= 4 is 11.9 Å². The molecule has 0 aliphatic heterocycles. The maximum atomic E-state index is 11.8. The van der Waals surface area contributed by atoms with Crippen LogP contribution in [0.4, 0.5) is 0 Å². The van der Waals surface area contributed by atoms with Crippen LogP contribution in [0.2, 0.25) is 0 Å². The number of hydrogen-bond acceptors (Lipinski definition) is 7. The van der Waals surface area contributed by atoms with Gasteiger partial charge < -0.3 is 19.5 Å². The quantitative estimate of drug-likeness (QED) is 0.796. The van der Waals surface area contributed by atoms with E-state index in [2.05, 4.69) is 20.0 Å². The van der Waals surface area contributed by atoms with Crippen LogP contribution in [0.15, 0.2) is 0 Å². The van der Waals surface area contributed by atoms with Crippen LogP contribution in [-0.4, -0.2) is 43.2 Å². The molecule has 0 fully saturated rings. The van der Waals surface area contributed by atoms with Crippen molar-refractivity contribution in [2.75, 3.05) is 21.3 Å². The number of rotatable bonds is 5. The predicted octanol–water partition coefficient (Wildman–Crippen LogP) is 0.652. The summed E-state index contributed by atoms with van der Waals surface area (Å²) in [6.07, 6.45) is 0. The lowest BCUT2D eigenvalue weighted by atomic mass is 10.0. The number of carbonyl (C=O) groups excluding carboxylic acids is 2. The Morgan fingerprint density at radius 2 is 1.71 bits per heavy atom. The van der Waals surface area contributed by atoms with Gasteiger partial charge in [0.15, 0.2) is 11.5 Å². The number of aromatic nitrogens is 2. The molecule has 21 heavy (non-hydrogen) atoms. The Balaban J connectivity index is 3.48. The van der Waals surface area contributed by atoms with Gasteiger partial charge in [-0.15, -0.1) is 0 Å². The molecule has 1 N–H and O–H groups in total. The fourth-order valence-electron chi connectivity index (χ4n) is 1.76. The Bertz CT molecular complexity index is 557. The molecular formula is C13H19N3O5. The summed E-state index contributed by atoms with van der Waals surface area (Å²) in [5.41, 5.74) is -0.964. The van der Waals surface area contributed by atoms with E-state index in [-0.39, 0.29) is 29.1 Å². The second kappa shape index (κ2) is 6.38. The lowest BCUT2D eigenvalue weighted by Gasteiger charge is -2.25. The number of nitrogens with one attached hydrogen (secondary N) is 1. The van der Waals surface area contributed by atoms with Crippen molar-refractivity contribution < 1.29 is 23.8 Å². The van der Waals surface area contributed by atoms with Crippen LogP contribution < -0.4 is 14.8 Å². The van der Waals surface area contributed by atoms with Crippen molar-refractivity contribution in [2.45, 2.75) is 26.3 Å². The van der Waals surface area contributed by atoms with Crippen molar-refractivity contribution in [1.82, 2.24) is 15.3 Å². The van der Waals surface area contributed by atoms with E-state index in [9.17, 15) is 9.59 Å². The molecule has 0 radical (unpaired) electrons. The number of ether oxygens (including phenoxy) is 3. The van der Waals surface area contributed by atoms with Crippen molar-refractivity contribution in [1.29, 1.82) is 0 Å². The zero-order chi connectivity index (χ0) is 16.2. The van der Waals surface area contributed by atoms with Gasteiger partial charge in [0.1, 0.15) is 0 Å². The monoisotopic (exact) mass is 297 g/mol. The summed E-state index contributed by atoms with van der Waals surface area (Å²) >= 11 is 0. The average molecular weight is 297 g/mol. The van der Waals surface area contributed by atoms with Crippen LogP contribution in [0, 0.1) is 0 Å². The van der Waals surface area contributed by atoms with Crippen LogP contribution in [0.3, 0.4) is 0 Å². The van der Waals surface area contributed by atoms with E-state index < -0.39 is 11.5 Å². The van der Waals surface area contributed by atoms with Crippen LogP contribution in [-0.2, 0) is 15.1 Å². The Morgan fingerprint density at radius 1 is 1.10 bits per heavy atom. The van der Waals surface area contributed by atoms with Gasteiger partial charge in [0.05, 0.1) is 26.9 Å². The van der Waals surface area contributed by atoms with Crippen LogP contribution >= 0.6 is 0 Å². The largest absolute Gasteiger partial charge is 0.489 e. The summed E-state index contributed by atoms with van der Waals surface area (Å²) in [7, 11) is 3.99. The van der Waals surface area contributed by atoms with E-state index in [0.717, 1.165) is 0 Å². The van der Waals surface area contributed by atoms with E-state index in [1.54, 1.807) is 13.8 Å². The lowest BCUT2D eigenvalue weighted by Crippen LogP contribution is -2.41. The van der Waals surface area contributed by atoms with Crippen molar-refractivity contribution in [3.63, 3.8) is 0 Å². The summed E-state index contributed by atoms with van der Waals surface area (Å²) in [6, 6.07) is 0. The zero-order valence-corrected chi connectivity index (χ0v) is 12.9. The minimum absolute atomic E-state index is 0.0692. The van der Waals surface area contributed by atoms with Crippen molar-refractivity contribution in [2.24, 2.45) is 0 Å². The number of hydrogen-bond donors (Lipinski definition) is 1. The molecule has 8 nitrogen and oxygen atoms in total. The number of amides is 1. The van der Waals surface area contributed by atoms with Gasteiger partial charge >= 0.3 is 5.97 Å². The Morgan fingerprint density at radius 3 is 2.14 bits per heavy atom. The van der Waals surface area contributed by atoms with Crippen LogP contribution in [0.5, 0.6) is 11.6 Å². The van der Waals surface area contributed by atoms with Gasteiger partial charge in [-0.2, -0.15) is 4.98 Å². The molecule has 0 aliphatic rings. The van der Waals surface area contributed by atoms with Crippen LogP contribution in [0.25, 0.3) is 0 Å². The van der Waals surface area contributed by atoms with Gasteiger partial charge in [-0.3, -0.25) is 4.79 Å². The lowest BCUT2D eigenvalue weighted by molar-refractivity contribution is -0.120. The summed E-state index contributed by atoms with van der Waals surface area (Å²) in [6.45, 7) is 4.79. The fourth-order valence-corrected chi connectivity index (χ4v) is 1.76. The molecule has 0 aromatic carbocycles. The third-order valence-electron chi connectivity index (χ3n) is 2.66. The molecule has 1 aromatic rings. The number of nitrogens with zero attached hydrogens (tertiary/aromatic N) is 2. The first kappa shape index (κ1) is 16.7. The zero-order valence-electron chi connectivity index (χ0n) is 12.9. The highest BCUT2D eigenvalue weighted by Gasteiger charge is 2.30. The van der Waals surface area contributed by atoms with Crippen molar-refractivity contribution in [3.8, 4) is 11.6 Å². The SMILES string of the molecule is COC(=O)c1nc(C(C)(C)NC(C)=O)nc(OC)c1OC. The Hall–Kier alpha value is -2.38. The molecule has 0 spiro atoms. The van der Waals surface area contributed by atoms with Crippen LogP contribution in [0.1, 0.15) is 37.1 Å². The molecule has 1 aromatic heterocycles. The van der Waals surface area contributed by atoms with Gasteiger partial charge in [-0.25, -0.2) is 9.78 Å². The van der Waals surface area contributed by atoms with Gasteiger partial charge in [0.25, 0.3) is 5.88 Å². The normalized spacial score (nSPS) is 10.8. The van der Waals surface area contributed by atoms with Crippen molar-refractivity contribution in [3.05, 3.63) is 11.5 Å². The standard InChI is InChI=1S/C13H19N3O5/c1-7(17)16-13(2,3)12-14-8(11(18)21-6)9(19-4)10(15-12)20-5/h1-6H3,(H,16,17). The molecule has 1 amide bonds. The highest BCUT2D eigenvalue weighted by atomic mass is 16.5. The minimum Gasteiger partial charge on any atom is -0.489 e. The third kappa shape index (κ3) is 3.59. The van der Waals surface area contributed by atoms with E-state index in [1.807, 2.05) is 0 Å². The first-order valence-electron chi connectivity index (χ1n) is 6.14. The third-order valence-corrected chi connectivity index (χ3v) is 2.66. The summed E-state index contributed by atoms with van der Waals surface area (Å²) < 4.78 is 14.9. The number of carbonyl (C=O) groups is 2.